The van der Waals surface area contributed by atoms with Crippen LogP contribution in [0.15, 0.2) is 18.3 Å². The fourth-order valence-electron chi connectivity index (χ4n) is 1.67. The number of nitrogen functional groups attached to an aromatic ring is 1. The van der Waals surface area contributed by atoms with Gasteiger partial charge >= 0.3 is 0 Å². The molecular formula is C10H14N4O. The molecule has 0 bridgehead atoms. The zero-order valence-electron chi connectivity index (χ0n) is 8.84. The lowest BCUT2D eigenvalue weighted by atomic mass is 10.1. The second-order valence-electron chi connectivity index (χ2n) is 3.55. The van der Waals surface area contributed by atoms with E-state index in [0.29, 0.717) is 6.61 Å². The quantitative estimate of drug-likeness (QED) is 0.815. The molecule has 0 aliphatic rings. The molecule has 0 saturated carbocycles. The maximum absolute atomic E-state index is 5.63. The van der Waals surface area contributed by atoms with Gasteiger partial charge in [-0.05, 0) is 12.1 Å². The van der Waals surface area contributed by atoms with Crippen LogP contribution in [0.5, 0.6) is 0 Å². The largest absolute Gasteiger partial charge is 0.384 e. The monoisotopic (exact) mass is 206 g/mol. The minimum atomic E-state index is 0.206. The molecule has 2 rings (SSSR count). The molecule has 0 radical (unpaired) electrons. The Hall–Kier alpha value is -1.62. The van der Waals surface area contributed by atoms with Crippen LogP contribution in [0.3, 0.4) is 0 Å². The van der Waals surface area contributed by atoms with E-state index in [1.165, 1.54) is 0 Å². The summed E-state index contributed by atoms with van der Waals surface area (Å²) in [4.78, 5) is 4.26. The van der Waals surface area contributed by atoms with Crippen LogP contribution in [0, 0.1) is 0 Å². The number of fused-ring (bicyclic) bond motifs is 1. The molecule has 2 heterocycles. The highest BCUT2D eigenvalue weighted by atomic mass is 16.5. The number of aromatic nitrogens is 3. The zero-order valence-corrected chi connectivity index (χ0v) is 8.84. The average Bonchev–Trinajstić information content (AvgIpc) is 2.64. The van der Waals surface area contributed by atoms with Crippen LogP contribution in [0.25, 0.3) is 5.52 Å². The van der Waals surface area contributed by atoms with Crippen LogP contribution >= 0.6 is 0 Å². The van der Waals surface area contributed by atoms with E-state index in [1.54, 1.807) is 11.6 Å². The zero-order chi connectivity index (χ0) is 10.8. The lowest BCUT2D eigenvalue weighted by Crippen LogP contribution is -2.10. The van der Waals surface area contributed by atoms with Crippen LogP contribution < -0.4 is 5.73 Å². The summed E-state index contributed by atoms with van der Waals surface area (Å²) in [5.74, 6) is 0.495. The van der Waals surface area contributed by atoms with E-state index in [9.17, 15) is 0 Å². The van der Waals surface area contributed by atoms with Crippen LogP contribution in [-0.4, -0.2) is 28.3 Å². The smallest absolute Gasteiger partial charge is 0.238 e. The van der Waals surface area contributed by atoms with Crippen molar-refractivity contribution in [3.05, 3.63) is 24.0 Å². The summed E-state index contributed by atoms with van der Waals surface area (Å²) < 4.78 is 6.85. The van der Waals surface area contributed by atoms with E-state index >= 15 is 0 Å². The molecule has 0 fully saturated rings. The molecule has 0 aliphatic heterocycles. The number of ether oxygens (including phenoxy) is 1. The van der Waals surface area contributed by atoms with Crippen molar-refractivity contribution in [2.45, 2.75) is 12.8 Å². The van der Waals surface area contributed by atoms with Gasteiger partial charge in [0.1, 0.15) is 0 Å². The van der Waals surface area contributed by atoms with Crippen molar-refractivity contribution in [2.75, 3.05) is 19.5 Å². The number of hydrogen-bond donors (Lipinski definition) is 1. The highest BCUT2D eigenvalue weighted by Crippen LogP contribution is 2.19. The summed E-state index contributed by atoms with van der Waals surface area (Å²) in [7, 11) is 1.68. The van der Waals surface area contributed by atoms with Crippen LogP contribution in [0.1, 0.15) is 18.5 Å². The Bertz CT molecular complexity index is 465. The van der Waals surface area contributed by atoms with Gasteiger partial charge in [0.2, 0.25) is 5.95 Å². The first-order chi connectivity index (χ1) is 7.22. The van der Waals surface area contributed by atoms with Gasteiger partial charge in [0.25, 0.3) is 0 Å². The number of nitrogens with zero attached hydrogens (tertiary/aromatic N) is 3. The van der Waals surface area contributed by atoms with E-state index in [1.807, 2.05) is 18.3 Å². The van der Waals surface area contributed by atoms with Crippen molar-refractivity contribution in [3.63, 3.8) is 0 Å². The van der Waals surface area contributed by atoms with Crippen LogP contribution in [-0.2, 0) is 4.74 Å². The first kappa shape index (κ1) is 9.92. The fourth-order valence-corrected chi connectivity index (χ4v) is 1.67. The predicted octanol–water partition coefficient (Wildman–Crippen LogP) is 1.06. The molecule has 5 heteroatoms. The molecule has 5 nitrogen and oxygen atoms in total. The average molecular weight is 206 g/mol. The number of anilines is 1. The Morgan fingerprint density at radius 1 is 1.60 bits per heavy atom. The highest BCUT2D eigenvalue weighted by molar-refractivity contribution is 5.53. The van der Waals surface area contributed by atoms with Gasteiger partial charge < -0.3 is 10.5 Å². The first-order valence-corrected chi connectivity index (χ1v) is 4.82. The van der Waals surface area contributed by atoms with E-state index in [-0.39, 0.29) is 11.9 Å². The van der Waals surface area contributed by atoms with E-state index in [0.717, 1.165) is 11.2 Å². The van der Waals surface area contributed by atoms with Gasteiger partial charge in [0.05, 0.1) is 17.8 Å². The normalized spacial score (nSPS) is 13.2. The Kier molecular flexibility index (Phi) is 2.55. The van der Waals surface area contributed by atoms with E-state index in [4.69, 9.17) is 10.5 Å². The molecular weight excluding hydrogens is 192 g/mol. The Morgan fingerprint density at radius 2 is 2.40 bits per heavy atom. The van der Waals surface area contributed by atoms with Crippen molar-refractivity contribution in [3.8, 4) is 0 Å². The molecule has 0 amide bonds. The molecule has 2 N–H and O–H groups in total. The van der Waals surface area contributed by atoms with Gasteiger partial charge in [-0.1, -0.05) is 6.92 Å². The summed E-state index contributed by atoms with van der Waals surface area (Å²) in [5, 5.41) is 4.08. The highest BCUT2D eigenvalue weighted by Gasteiger charge is 2.12. The van der Waals surface area contributed by atoms with Crippen molar-refractivity contribution in [2.24, 2.45) is 0 Å². The molecule has 15 heavy (non-hydrogen) atoms. The molecule has 2 aromatic rings. The summed E-state index contributed by atoms with van der Waals surface area (Å²) >= 11 is 0. The van der Waals surface area contributed by atoms with Gasteiger partial charge in [0, 0.05) is 19.2 Å². The predicted molar refractivity (Wildman–Crippen MR) is 57.7 cm³/mol. The Balaban J connectivity index is 2.52. The summed E-state index contributed by atoms with van der Waals surface area (Å²) in [6.07, 6.45) is 1.86. The SMILES string of the molecule is COC[C@@H](C)c1nc(N)nn2cccc12. The van der Waals surface area contributed by atoms with E-state index in [2.05, 4.69) is 17.0 Å². The standard InChI is InChI=1S/C10H14N4O/c1-7(6-15-2)9-8-4-3-5-14(8)13-10(11)12-9/h3-5,7H,6H2,1-2H3,(H2,11,13)/t7-/m1/s1. The number of rotatable bonds is 3. The van der Waals surface area contributed by atoms with Crippen molar-refractivity contribution < 1.29 is 4.74 Å². The third kappa shape index (κ3) is 1.78. The minimum absolute atomic E-state index is 0.206. The maximum atomic E-state index is 5.63. The Labute approximate surface area is 87.9 Å². The first-order valence-electron chi connectivity index (χ1n) is 4.82. The minimum Gasteiger partial charge on any atom is -0.384 e. The van der Waals surface area contributed by atoms with Crippen molar-refractivity contribution in [1.82, 2.24) is 14.6 Å². The lowest BCUT2D eigenvalue weighted by molar-refractivity contribution is 0.183. The number of hydrogen-bond acceptors (Lipinski definition) is 4. The topological polar surface area (TPSA) is 65.4 Å². The molecule has 1 atom stereocenters. The van der Waals surface area contributed by atoms with Gasteiger partial charge in [-0.2, -0.15) is 0 Å². The second kappa shape index (κ2) is 3.86. The lowest BCUT2D eigenvalue weighted by Gasteiger charge is -2.11. The third-order valence-corrected chi connectivity index (χ3v) is 2.32. The van der Waals surface area contributed by atoms with Crippen molar-refractivity contribution in [1.29, 1.82) is 0 Å². The third-order valence-electron chi connectivity index (χ3n) is 2.32. The van der Waals surface area contributed by atoms with Gasteiger partial charge in [-0.25, -0.2) is 9.50 Å². The van der Waals surface area contributed by atoms with Gasteiger partial charge in [-0.15, -0.1) is 5.10 Å². The van der Waals surface area contributed by atoms with Crippen LogP contribution in [0.2, 0.25) is 0 Å². The summed E-state index contributed by atoms with van der Waals surface area (Å²) in [6, 6.07) is 3.90. The van der Waals surface area contributed by atoms with Crippen LogP contribution in [0.4, 0.5) is 5.95 Å². The van der Waals surface area contributed by atoms with Gasteiger partial charge in [0.15, 0.2) is 0 Å². The molecule has 0 saturated heterocycles. The van der Waals surface area contributed by atoms with Gasteiger partial charge in [-0.3, -0.25) is 0 Å². The molecule has 0 unspecified atom stereocenters. The summed E-state index contributed by atoms with van der Waals surface area (Å²) in [5.41, 5.74) is 7.54. The van der Waals surface area contributed by atoms with Crippen molar-refractivity contribution >= 4 is 11.5 Å². The number of methoxy groups -OCH3 is 1. The molecule has 2 aromatic heterocycles. The number of nitrogens with two attached hydrogens (primary N) is 1. The van der Waals surface area contributed by atoms with E-state index < -0.39 is 0 Å². The molecule has 80 valence electrons. The molecule has 0 spiro atoms. The Morgan fingerprint density at radius 3 is 3.13 bits per heavy atom. The second-order valence-corrected chi connectivity index (χ2v) is 3.55. The molecule has 0 aromatic carbocycles. The summed E-state index contributed by atoms with van der Waals surface area (Å²) in [6.45, 7) is 2.68. The fraction of sp³-hybridized carbons (Fsp3) is 0.400. The maximum Gasteiger partial charge on any atom is 0.238 e. The molecule has 0 aliphatic carbocycles.